The van der Waals surface area contributed by atoms with Crippen LogP contribution in [0.25, 0.3) is 10.9 Å². The van der Waals surface area contributed by atoms with E-state index in [0.717, 1.165) is 25.7 Å². The maximum absolute atomic E-state index is 13.3. The number of nitrogens with zero attached hydrogens (tertiary/aromatic N) is 1. The molecule has 1 aromatic heterocycles. The van der Waals surface area contributed by atoms with E-state index < -0.39 is 23.9 Å². The molecule has 150 valence electrons. The summed E-state index contributed by atoms with van der Waals surface area (Å²) in [5.74, 6) is -2.42. The summed E-state index contributed by atoms with van der Waals surface area (Å²) in [7, 11) is 1.13. The number of nitrogens with one attached hydrogen (secondary N) is 1. The number of pyridine rings is 1. The summed E-state index contributed by atoms with van der Waals surface area (Å²) in [4.78, 5) is 28.6. The minimum atomic E-state index is -1.62. The number of carbonyl (C=O) groups is 2. The van der Waals surface area contributed by atoms with Crippen molar-refractivity contribution < 1.29 is 28.2 Å². The molecular weight excluding hydrogens is 382 g/mol. The molecule has 0 fully saturated rings. The van der Waals surface area contributed by atoms with Gasteiger partial charge < -0.3 is 15.2 Å². The lowest BCUT2D eigenvalue weighted by molar-refractivity contribution is 0.0597. The number of ether oxygens (including phenoxy) is 1. The lowest BCUT2D eigenvalue weighted by atomic mass is 9.98. The molecule has 0 spiro atoms. The Kier molecular flexibility index (Phi) is 5.72. The van der Waals surface area contributed by atoms with Crippen molar-refractivity contribution in [3.8, 4) is 5.75 Å². The van der Waals surface area contributed by atoms with Crippen molar-refractivity contribution in [2.24, 2.45) is 0 Å². The monoisotopic (exact) mass is 400 g/mol. The SMILES string of the molecule is COC(=O)c1cc(C(=O)NC(C)F)c2cc(Cc3ccc(F)cc3)cnc2c1O. The molecule has 3 rings (SSSR count). The van der Waals surface area contributed by atoms with Gasteiger partial charge in [-0.1, -0.05) is 12.1 Å². The Morgan fingerprint density at radius 1 is 1.17 bits per heavy atom. The fraction of sp³-hybridized carbons (Fsp3) is 0.190. The summed E-state index contributed by atoms with van der Waals surface area (Å²) in [5.41, 5.74) is 1.21. The highest BCUT2D eigenvalue weighted by atomic mass is 19.1. The van der Waals surface area contributed by atoms with E-state index in [0.29, 0.717) is 12.0 Å². The Balaban J connectivity index is 2.14. The first kappa shape index (κ1) is 20.2. The minimum Gasteiger partial charge on any atom is -0.505 e. The van der Waals surface area contributed by atoms with Crippen LogP contribution in [0.5, 0.6) is 5.75 Å². The van der Waals surface area contributed by atoms with Crippen LogP contribution in [-0.4, -0.2) is 35.4 Å². The number of amides is 1. The number of fused-ring (bicyclic) bond motifs is 1. The quantitative estimate of drug-likeness (QED) is 0.506. The number of phenolic OH excluding ortho intramolecular Hbond substituents is 1. The Morgan fingerprint density at radius 2 is 1.86 bits per heavy atom. The van der Waals surface area contributed by atoms with Gasteiger partial charge in [-0.2, -0.15) is 0 Å². The van der Waals surface area contributed by atoms with Crippen LogP contribution in [0.4, 0.5) is 8.78 Å². The van der Waals surface area contributed by atoms with Crippen LogP contribution >= 0.6 is 0 Å². The van der Waals surface area contributed by atoms with Crippen LogP contribution in [0.15, 0.2) is 42.6 Å². The Labute approximate surface area is 165 Å². The molecular formula is C21H18F2N2O4. The number of rotatable bonds is 5. The summed E-state index contributed by atoms with van der Waals surface area (Å²) in [6, 6.07) is 8.67. The van der Waals surface area contributed by atoms with Gasteiger partial charge in [0, 0.05) is 17.1 Å². The van der Waals surface area contributed by atoms with Crippen molar-refractivity contribution >= 4 is 22.8 Å². The van der Waals surface area contributed by atoms with Gasteiger partial charge in [0.15, 0.2) is 12.0 Å². The zero-order chi connectivity index (χ0) is 21.1. The lowest BCUT2D eigenvalue weighted by Gasteiger charge is -2.13. The van der Waals surface area contributed by atoms with Gasteiger partial charge in [-0.15, -0.1) is 0 Å². The standard InChI is InChI=1S/C21H18F2N2O4/c1-11(22)25-20(27)16-9-17(21(28)29-2)19(26)18-15(16)8-13(10-24-18)7-12-3-5-14(23)6-4-12/h3-6,8-11,26H,7H2,1-2H3,(H,25,27). The summed E-state index contributed by atoms with van der Waals surface area (Å²) in [6.07, 6.45) is 0.248. The minimum absolute atomic E-state index is 0.00687. The number of aromatic nitrogens is 1. The molecule has 0 bridgehead atoms. The van der Waals surface area contributed by atoms with Crippen molar-refractivity contribution in [3.63, 3.8) is 0 Å². The van der Waals surface area contributed by atoms with Crippen LogP contribution in [0.3, 0.4) is 0 Å². The van der Waals surface area contributed by atoms with Crippen molar-refractivity contribution in [1.82, 2.24) is 10.3 Å². The zero-order valence-corrected chi connectivity index (χ0v) is 15.7. The van der Waals surface area contributed by atoms with Crippen molar-refractivity contribution in [2.45, 2.75) is 19.6 Å². The molecule has 1 atom stereocenters. The summed E-state index contributed by atoms with van der Waals surface area (Å²) >= 11 is 0. The van der Waals surface area contributed by atoms with E-state index in [1.165, 1.54) is 18.3 Å². The van der Waals surface area contributed by atoms with Gasteiger partial charge in [-0.25, -0.2) is 13.6 Å². The maximum atomic E-state index is 13.3. The highest BCUT2D eigenvalue weighted by molar-refractivity contribution is 6.11. The summed E-state index contributed by atoms with van der Waals surface area (Å²) in [5, 5.41) is 12.8. The van der Waals surface area contributed by atoms with Gasteiger partial charge >= 0.3 is 5.97 Å². The lowest BCUT2D eigenvalue weighted by Crippen LogP contribution is -2.29. The molecule has 0 radical (unpaired) electrons. The molecule has 1 unspecified atom stereocenters. The van der Waals surface area contributed by atoms with Gasteiger partial charge in [0.05, 0.1) is 7.11 Å². The molecule has 29 heavy (non-hydrogen) atoms. The van der Waals surface area contributed by atoms with Crippen LogP contribution in [0.1, 0.15) is 38.8 Å². The number of esters is 1. The molecule has 0 aliphatic rings. The first-order valence-electron chi connectivity index (χ1n) is 8.72. The smallest absolute Gasteiger partial charge is 0.341 e. The number of aromatic hydroxyl groups is 1. The molecule has 0 saturated heterocycles. The molecule has 2 N–H and O–H groups in total. The number of methoxy groups -OCH3 is 1. The number of carbonyl (C=O) groups excluding carboxylic acids is 2. The molecule has 1 heterocycles. The molecule has 3 aromatic rings. The summed E-state index contributed by atoms with van der Waals surface area (Å²) < 4.78 is 31.1. The largest absolute Gasteiger partial charge is 0.505 e. The highest BCUT2D eigenvalue weighted by Crippen LogP contribution is 2.32. The zero-order valence-electron chi connectivity index (χ0n) is 15.7. The van der Waals surface area contributed by atoms with Gasteiger partial charge in [0.25, 0.3) is 5.91 Å². The number of hydrogen-bond acceptors (Lipinski definition) is 5. The molecule has 1 amide bonds. The first-order valence-corrected chi connectivity index (χ1v) is 8.72. The predicted molar refractivity (Wildman–Crippen MR) is 102 cm³/mol. The third-order valence-corrected chi connectivity index (χ3v) is 4.30. The van der Waals surface area contributed by atoms with E-state index in [-0.39, 0.29) is 27.8 Å². The van der Waals surface area contributed by atoms with Crippen LogP contribution in [0, 0.1) is 5.82 Å². The normalized spacial score (nSPS) is 11.9. The van der Waals surface area contributed by atoms with E-state index in [2.05, 4.69) is 15.0 Å². The van der Waals surface area contributed by atoms with Crippen LogP contribution in [0.2, 0.25) is 0 Å². The van der Waals surface area contributed by atoms with Crippen LogP contribution in [-0.2, 0) is 11.2 Å². The molecule has 0 aliphatic heterocycles. The number of halogens is 2. The third kappa shape index (κ3) is 4.31. The van der Waals surface area contributed by atoms with Crippen molar-refractivity contribution in [3.05, 3.63) is 70.7 Å². The molecule has 6 nitrogen and oxygen atoms in total. The summed E-state index contributed by atoms with van der Waals surface area (Å²) in [6.45, 7) is 1.15. The topological polar surface area (TPSA) is 88.5 Å². The van der Waals surface area contributed by atoms with Gasteiger partial charge in [-0.05, 0) is 48.7 Å². The van der Waals surface area contributed by atoms with Gasteiger partial charge in [0.2, 0.25) is 0 Å². The van der Waals surface area contributed by atoms with Crippen molar-refractivity contribution in [2.75, 3.05) is 7.11 Å². The number of hydrogen-bond donors (Lipinski definition) is 2. The Morgan fingerprint density at radius 3 is 2.48 bits per heavy atom. The average Bonchev–Trinajstić information content (AvgIpc) is 2.69. The maximum Gasteiger partial charge on any atom is 0.341 e. The van der Waals surface area contributed by atoms with E-state index in [1.807, 2.05) is 0 Å². The highest BCUT2D eigenvalue weighted by Gasteiger charge is 2.23. The average molecular weight is 400 g/mol. The third-order valence-electron chi connectivity index (χ3n) is 4.30. The Hall–Kier alpha value is -3.55. The first-order chi connectivity index (χ1) is 13.8. The van der Waals surface area contributed by atoms with E-state index in [9.17, 15) is 23.5 Å². The number of benzene rings is 2. The van der Waals surface area contributed by atoms with Gasteiger partial charge in [0.1, 0.15) is 16.9 Å². The van der Waals surface area contributed by atoms with Crippen LogP contribution < -0.4 is 5.32 Å². The molecule has 0 aliphatic carbocycles. The number of phenols is 1. The second kappa shape index (κ2) is 8.22. The van der Waals surface area contributed by atoms with E-state index >= 15 is 0 Å². The fourth-order valence-electron chi connectivity index (χ4n) is 2.97. The fourth-order valence-corrected chi connectivity index (χ4v) is 2.97. The van der Waals surface area contributed by atoms with E-state index in [1.54, 1.807) is 18.2 Å². The molecule has 0 saturated carbocycles. The Bertz CT molecular complexity index is 1080. The second-order valence-electron chi connectivity index (χ2n) is 6.44. The second-order valence-corrected chi connectivity index (χ2v) is 6.44. The number of alkyl halides is 1. The van der Waals surface area contributed by atoms with Gasteiger partial charge in [-0.3, -0.25) is 9.78 Å². The molecule has 2 aromatic carbocycles. The predicted octanol–water partition coefficient (Wildman–Crippen LogP) is 3.50. The van der Waals surface area contributed by atoms with Crippen molar-refractivity contribution in [1.29, 1.82) is 0 Å². The van der Waals surface area contributed by atoms with E-state index in [4.69, 9.17) is 0 Å². The molecule has 8 heteroatoms.